The highest BCUT2D eigenvalue weighted by Gasteiger charge is 2.60. The van der Waals surface area contributed by atoms with Gasteiger partial charge in [-0.05, 0) is 18.9 Å². The van der Waals surface area contributed by atoms with E-state index >= 15 is 0 Å². The maximum Gasteiger partial charge on any atom is 0.274 e. The van der Waals surface area contributed by atoms with Crippen LogP contribution in [0.1, 0.15) is 52.6 Å². The van der Waals surface area contributed by atoms with Crippen LogP contribution in [0.4, 0.5) is 8.78 Å². The number of halogens is 2. The molecular formula is C24H27F2N3O5. The Morgan fingerprint density at radius 1 is 1.32 bits per heavy atom. The van der Waals surface area contributed by atoms with Crippen molar-refractivity contribution in [2.45, 2.75) is 38.3 Å². The number of amides is 2. The van der Waals surface area contributed by atoms with E-state index in [4.69, 9.17) is 4.74 Å². The largest absolute Gasteiger partial charge is 0.487 e. The van der Waals surface area contributed by atoms with Crippen LogP contribution in [0.5, 0.6) is 5.75 Å². The van der Waals surface area contributed by atoms with Crippen molar-refractivity contribution in [2.24, 2.45) is 5.92 Å². The number of nitrogens with zero attached hydrogens (tertiary/aromatic N) is 2. The lowest BCUT2D eigenvalue weighted by Crippen LogP contribution is -2.48. The second kappa shape index (κ2) is 9.17. The summed E-state index contributed by atoms with van der Waals surface area (Å²) in [5.74, 6) is -3.07. The monoisotopic (exact) mass is 475 g/mol. The van der Waals surface area contributed by atoms with Crippen LogP contribution in [0.3, 0.4) is 0 Å². The molecule has 1 aliphatic carbocycles. The van der Waals surface area contributed by atoms with E-state index in [0.717, 1.165) is 12.5 Å². The van der Waals surface area contributed by atoms with E-state index in [0.29, 0.717) is 25.5 Å². The molecule has 1 spiro atoms. The molecule has 182 valence electrons. The second-order valence-electron chi connectivity index (χ2n) is 8.89. The SMILES string of the molecule is CCCCOc1c2n(cc(C(=O)NCc3ccc(F)cc3F)c1=O)[C@@]1(C[C@H]1CO)CN(C)C2=O. The zero-order valence-electron chi connectivity index (χ0n) is 19.1. The number of aromatic nitrogens is 1. The molecule has 0 unspecified atom stereocenters. The number of hydrogen-bond acceptors (Lipinski definition) is 5. The van der Waals surface area contributed by atoms with Gasteiger partial charge < -0.3 is 24.6 Å². The lowest BCUT2D eigenvalue weighted by Gasteiger charge is -2.36. The number of rotatable bonds is 8. The Bertz CT molecular complexity index is 1200. The number of likely N-dealkylation sites (N-methyl/N-ethyl adjacent to an activating group) is 1. The fourth-order valence-corrected chi connectivity index (χ4v) is 4.52. The minimum absolute atomic E-state index is 0.0584. The van der Waals surface area contributed by atoms with Crippen LogP contribution >= 0.6 is 0 Å². The summed E-state index contributed by atoms with van der Waals surface area (Å²) in [6.45, 7) is 2.10. The van der Waals surface area contributed by atoms with E-state index in [-0.39, 0.29) is 48.2 Å². The van der Waals surface area contributed by atoms with E-state index in [1.807, 2.05) is 6.92 Å². The van der Waals surface area contributed by atoms with E-state index in [1.54, 1.807) is 11.6 Å². The Morgan fingerprint density at radius 2 is 2.09 bits per heavy atom. The molecule has 2 atom stereocenters. The van der Waals surface area contributed by atoms with Gasteiger partial charge in [0, 0.05) is 50.5 Å². The van der Waals surface area contributed by atoms with Gasteiger partial charge in [-0.1, -0.05) is 19.4 Å². The standard InChI is InChI=1S/C24H27F2N3O5/c1-3-4-7-34-21-19-23(33)28(2)13-24(9-15(24)12-30)29(19)11-17(20(21)31)22(32)27-10-14-5-6-16(25)8-18(14)26/h5-6,8,11,15,30H,3-4,7,9-10,12-13H2,1-2H3,(H,27,32)/t15-,24-/m0/s1. The minimum atomic E-state index is -0.817. The number of aliphatic hydroxyl groups is 1. The summed E-state index contributed by atoms with van der Waals surface area (Å²) in [5.41, 5.74) is -1.51. The molecule has 1 aromatic carbocycles. The number of unbranched alkanes of at least 4 members (excludes halogenated alkanes) is 1. The molecule has 1 saturated carbocycles. The van der Waals surface area contributed by atoms with Gasteiger partial charge in [0.25, 0.3) is 11.8 Å². The predicted octanol–water partition coefficient (Wildman–Crippen LogP) is 2.03. The number of pyridine rings is 1. The average Bonchev–Trinajstić information content (AvgIpc) is 3.51. The van der Waals surface area contributed by atoms with Crippen molar-refractivity contribution in [1.29, 1.82) is 0 Å². The summed E-state index contributed by atoms with van der Waals surface area (Å²) in [7, 11) is 1.62. The van der Waals surface area contributed by atoms with Gasteiger partial charge in [0.1, 0.15) is 17.2 Å². The Kier molecular flexibility index (Phi) is 6.44. The fourth-order valence-electron chi connectivity index (χ4n) is 4.52. The first-order chi connectivity index (χ1) is 16.2. The Morgan fingerprint density at radius 3 is 2.74 bits per heavy atom. The quantitative estimate of drug-likeness (QED) is 0.569. The molecule has 1 aromatic heterocycles. The third kappa shape index (κ3) is 4.06. The highest BCUT2D eigenvalue weighted by atomic mass is 19.1. The number of carbonyl (C=O) groups is 2. The van der Waals surface area contributed by atoms with Gasteiger partial charge in [-0.2, -0.15) is 0 Å². The lowest BCUT2D eigenvalue weighted by atomic mass is 10.0. The molecular weight excluding hydrogens is 448 g/mol. The average molecular weight is 475 g/mol. The molecule has 2 amide bonds. The van der Waals surface area contributed by atoms with Crippen LogP contribution in [-0.4, -0.2) is 53.2 Å². The second-order valence-corrected chi connectivity index (χ2v) is 8.89. The molecule has 1 aliphatic heterocycles. The number of fused-ring (bicyclic) bond motifs is 2. The molecule has 2 aromatic rings. The van der Waals surface area contributed by atoms with Crippen LogP contribution in [0.2, 0.25) is 0 Å². The van der Waals surface area contributed by atoms with Crippen molar-refractivity contribution in [3.05, 3.63) is 63.1 Å². The highest BCUT2D eigenvalue weighted by molar-refractivity contribution is 5.99. The molecule has 1 fully saturated rings. The van der Waals surface area contributed by atoms with Crippen molar-refractivity contribution >= 4 is 11.8 Å². The van der Waals surface area contributed by atoms with Gasteiger partial charge in [0.15, 0.2) is 11.4 Å². The number of nitrogens with one attached hydrogen (secondary N) is 1. The molecule has 0 bridgehead atoms. The summed E-state index contributed by atoms with van der Waals surface area (Å²) in [5, 5.41) is 12.3. The van der Waals surface area contributed by atoms with Crippen molar-refractivity contribution in [3.8, 4) is 5.75 Å². The summed E-state index contributed by atoms with van der Waals surface area (Å²) >= 11 is 0. The van der Waals surface area contributed by atoms with Crippen molar-refractivity contribution in [1.82, 2.24) is 14.8 Å². The first kappa shape index (κ1) is 23.9. The third-order valence-electron chi connectivity index (χ3n) is 6.57. The predicted molar refractivity (Wildman–Crippen MR) is 119 cm³/mol. The molecule has 34 heavy (non-hydrogen) atoms. The van der Waals surface area contributed by atoms with Gasteiger partial charge in [-0.15, -0.1) is 0 Å². The van der Waals surface area contributed by atoms with E-state index in [1.165, 1.54) is 17.2 Å². The fraction of sp³-hybridized carbons (Fsp3) is 0.458. The molecule has 4 rings (SSSR count). The first-order valence-electron chi connectivity index (χ1n) is 11.2. The molecule has 2 N–H and O–H groups in total. The van der Waals surface area contributed by atoms with Crippen LogP contribution in [0.25, 0.3) is 0 Å². The zero-order valence-corrected chi connectivity index (χ0v) is 19.1. The maximum atomic E-state index is 14.0. The van der Waals surface area contributed by atoms with Crippen LogP contribution in [0.15, 0.2) is 29.2 Å². The van der Waals surface area contributed by atoms with E-state index < -0.39 is 34.4 Å². The molecule has 0 radical (unpaired) electrons. The molecule has 2 aliphatic rings. The number of ether oxygens (including phenoxy) is 1. The topological polar surface area (TPSA) is 101 Å². The molecule has 10 heteroatoms. The summed E-state index contributed by atoms with van der Waals surface area (Å²) in [4.78, 5) is 40.8. The maximum absolute atomic E-state index is 14.0. The smallest absolute Gasteiger partial charge is 0.274 e. The molecule has 8 nitrogen and oxygen atoms in total. The van der Waals surface area contributed by atoms with Gasteiger partial charge in [-0.3, -0.25) is 14.4 Å². The Labute approximate surface area is 195 Å². The first-order valence-corrected chi connectivity index (χ1v) is 11.2. The number of benzene rings is 1. The van der Waals surface area contributed by atoms with E-state index in [2.05, 4.69) is 5.32 Å². The van der Waals surface area contributed by atoms with Crippen LogP contribution in [-0.2, 0) is 12.1 Å². The Hall–Kier alpha value is -3.27. The van der Waals surface area contributed by atoms with E-state index in [9.17, 15) is 28.3 Å². The van der Waals surface area contributed by atoms with Crippen LogP contribution in [0, 0.1) is 17.6 Å². The van der Waals surface area contributed by atoms with Gasteiger partial charge in [0.2, 0.25) is 5.43 Å². The minimum Gasteiger partial charge on any atom is -0.487 e. The van der Waals surface area contributed by atoms with Gasteiger partial charge >= 0.3 is 0 Å². The van der Waals surface area contributed by atoms with Crippen molar-refractivity contribution < 1.29 is 28.2 Å². The summed E-state index contributed by atoms with van der Waals surface area (Å²) in [6, 6.07) is 3.00. The number of hydrogen-bond donors (Lipinski definition) is 2. The van der Waals surface area contributed by atoms with Gasteiger partial charge in [0.05, 0.1) is 12.1 Å². The van der Waals surface area contributed by atoms with Gasteiger partial charge in [-0.25, -0.2) is 8.78 Å². The van der Waals surface area contributed by atoms with Crippen molar-refractivity contribution in [3.63, 3.8) is 0 Å². The molecule has 0 saturated heterocycles. The zero-order chi connectivity index (χ0) is 24.6. The van der Waals surface area contributed by atoms with Crippen molar-refractivity contribution in [2.75, 3.05) is 26.8 Å². The summed E-state index contributed by atoms with van der Waals surface area (Å²) in [6.07, 6.45) is 3.36. The Balaban J connectivity index is 1.74. The normalized spacial score (nSPS) is 20.9. The number of carbonyl (C=O) groups excluding carboxylic acids is 2. The third-order valence-corrected chi connectivity index (χ3v) is 6.57. The number of aliphatic hydroxyl groups excluding tert-OH is 1. The highest BCUT2D eigenvalue weighted by Crippen LogP contribution is 2.53. The van der Waals surface area contributed by atoms with Crippen LogP contribution < -0.4 is 15.5 Å². The molecule has 2 heterocycles. The lowest BCUT2D eigenvalue weighted by molar-refractivity contribution is 0.0669. The summed E-state index contributed by atoms with van der Waals surface area (Å²) < 4.78 is 34.5.